The summed E-state index contributed by atoms with van der Waals surface area (Å²) in [7, 11) is -1.73. The van der Waals surface area contributed by atoms with E-state index in [1.54, 1.807) is 35.9 Å². The topological polar surface area (TPSA) is 107 Å². The van der Waals surface area contributed by atoms with E-state index in [0.29, 0.717) is 28.9 Å². The minimum Gasteiger partial charge on any atom is -0.465 e. The number of carbonyl (C=O) groups excluding carboxylic acids is 2. The quantitative estimate of drug-likeness (QED) is 0.811. The number of aromatic nitrogens is 2. The number of amides is 1. The Labute approximate surface area is 151 Å². The highest BCUT2D eigenvalue weighted by Gasteiger charge is 2.31. The number of rotatable bonds is 4. The van der Waals surface area contributed by atoms with Gasteiger partial charge in [0.05, 0.1) is 42.0 Å². The highest BCUT2D eigenvalue weighted by atomic mass is 32.2. The van der Waals surface area contributed by atoms with Crippen molar-refractivity contribution in [1.29, 1.82) is 0 Å². The molecule has 1 aromatic heterocycles. The third-order valence-corrected chi connectivity index (χ3v) is 6.16. The largest absolute Gasteiger partial charge is 0.465 e. The Morgan fingerprint density at radius 1 is 1.27 bits per heavy atom. The third-order valence-electron chi connectivity index (χ3n) is 4.41. The summed E-state index contributed by atoms with van der Waals surface area (Å²) in [4.78, 5) is 23.9. The van der Waals surface area contributed by atoms with Gasteiger partial charge < -0.3 is 10.1 Å². The van der Waals surface area contributed by atoms with Gasteiger partial charge in [0.15, 0.2) is 9.84 Å². The molecule has 1 saturated heterocycles. The van der Waals surface area contributed by atoms with Gasteiger partial charge in [-0.3, -0.25) is 9.48 Å². The van der Waals surface area contributed by atoms with Gasteiger partial charge in [-0.1, -0.05) is 0 Å². The Morgan fingerprint density at radius 3 is 2.54 bits per heavy atom. The van der Waals surface area contributed by atoms with E-state index in [1.165, 1.54) is 13.3 Å². The summed E-state index contributed by atoms with van der Waals surface area (Å²) in [5.41, 5.74) is 1.91. The molecule has 0 saturated carbocycles. The first-order valence-electron chi connectivity index (χ1n) is 8.05. The molecular formula is C17H19N3O5S. The number of hydrogen-bond acceptors (Lipinski definition) is 6. The average Bonchev–Trinajstić information content (AvgIpc) is 3.16. The molecule has 1 aliphatic rings. The second-order valence-electron chi connectivity index (χ2n) is 6.17. The van der Waals surface area contributed by atoms with Crippen LogP contribution in [0.4, 0.5) is 5.69 Å². The monoisotopic (exact) mass is 377 g/mol. The maximum atomic E-state index is 12.5. The summed E-state index contributed by atoms with van der Waals surface area (Å²) in [6.07, 6.45) is 1.94. The van der Waals surface area contributed by atoms with Crippen LogP contribution < -0.4 is 5.32 Å². The lowest BCUT2D eigenvalue weighted by Crippen LogP contribution is -2.16. The van der Waals surface area contributed by atoms with E-state index >= 15 is 0 Å². The van der Waals surface area contributed by atoms with Gasteiger partial charge in [-0.05, 0) is 37.6 Å². The molecule has 0 radical (unpaired) electrons. The smallest absolute Gasteiger partial charge is 0.337 e. The van der Waals surface area contributed by atoms with Crippen LogP contribution in [0.5, 0.6) is 0 Å². The predicted molar refractivity (Wildman–Crippen MR) is 95.0 cm³/mol. The van der Waals surface area contributed by atoms with Crippen LogP contribution in [-0.4, -0.2) is 48.7 Å². The molecule has 1 aliphatic heterocycles. The number of nitrogens with zero attached hydrogens (tertiary/aromatic N) is 2. The van der Waals surface area contributed by atoms with Crippen molar-refractivity contribution in [3.63, 3.8) is 0 Å². The van der Waals surface area contributed by atoms with E-state index in [-0.39, 0.29) is 23.5 Å². The van der Waals surface area contributed by atoms with Crippen LogP contribution in [0.15, 0.2) is 30.5 Å². The Kier molecular flexibility index (Phi) is 4.82. The minimum atomic E-state index is -3.03. The molecule has 1 unspecified atom stereocenters. The Morgan fingerprint density at radius 2 is 1.96 bits per heavy atom. The Balaban J connectivity index is 1.74. The minimum absolute atomic E-state index is 0.0472. The standard InChI is InChI=1S/C17H19N3O5S/c1-11-15(9-18-20(11)14-7-8-26(23,24)10-14)16(21)19-13-5-3-12(4-6-13)17(22)25-2/h3-6,9,14H,7-8,10H2,1-2H3,(H,19,21). The molecule has 2 heterocycles. The van der Waals surface area contributed by atoms with Crippen molar-refractivity contribution >= 4 is 27.4 Å². The van der Waals surface area contributed by atoms with E-state index in [0.717, 1.165) is 0 Å². The molecule has 138 valence electrons. The second-order valence-corrected chi connectivity index (χ2v) is 8.40. The maximum Gasteiger partial charge on any atom is 0.337 e. The molecule has 1 N–H and O–H groups in total. The van der Waals surface area contributed by atoms with Crippen LogP contribution in [0.1, 0.15) is 38.9 Å². The van der Waals surface area contributed by atoms with Gasteiger partial charge in [0.2, 0.25) is 0 Å². The molecule has 3 rings (SSSR count). The van der Waals surface area contributed by atoms with Gasteiger partial charge in [0.1, 0.15) is 0 Å². The fourth-order valence-corrected chi connectivity index (χ4v) is 4.68. The van der Waals surface area contributed by atoms with Gasteiger partial charge in [-0.15, -0.1) is 0 Å². The lowest BCUT2D eigenvalue weighted by Gasteiger charge is -2.11. The van der Waals surface area contributed by atoms with Crippen molar-refractivity contribution in [2.45, 2.75) is 19.4 Å². The molecule has 1 atom stereocenters. The van der Waals surface area contributed by atoms with E-state index < -0.39 is 15.8 Å². The molecule has 9 heteroatoms. The first-order chi connectivity index (χ1) is 12.3. The van der Waals surface area contributed by atoms with Crippen LogP contribution in [0.3, 0.4) is 0 Å². The van der Waals surface area contributed by atoms with Gasteiger partial charge >= 0.3 is 5.97 Å². The summed E-state index contributed by atoms with van der Waals surface area (Å²) in [5, 5.41) is 6.95. The van der Waals surface area contributed by atoms with Crippen molar-refractivity contribution in [3.8, 4) is 0 Å². The summed E-state index contributed by atoms with van der Waals surface area (Å²) in [6.45, 7) is 1.74. The number of hydrogen-bond donors (Lipinski definition) is 1. The highest BCUT2D eigenvalue weighted by Crippen LogP contribution is 2.25. The summed E-state index contributed by atoms with van der Waals surface area (Å²) >= 11 is 0. The van der Waals surface area contributed by atoms with Gasteiger partial charge in [0.25, 0.3) is 5.91 Å². The van der Waals surface area contributed by atoms with Crippen molar-refractivity contribution in [3.05, 3.63) is 47.3 Å². The van der Waals surface area contributed by atoms with Crippen LogP contribution in [0.2, 0.25) is 0 Å². The summed E-state index contributed by atoms with van der Waals surface area (Å²) < 4.78 is 29.5. The van der Waals surface area contributed by atoms with Crippen molar-refractivity contribution in [2.75, 3.05) is 23.9 Å². The fraction of sp³-hybridized carbons (Fsp3) is 0.353. The number of sulfone groups is 1. The fourth-order valence-electron chi connectivity index (χ4n) is 2.99. The van der Waals surface area contributed by atoms with Crippen molar-refractivity contribution in [2.24, 2.45) is 0 Å². The number of anilines is 1. The molecule has 1 fully saturated rings. The highest BCUT2D eigenvalue weighted by molar-refractivity contribution is 7.91. The molecule has 0 spiro atoms. The SMILES string of the molecule is COC(=O)c1ccc(NC(=O)c2cnn(C3CCS(=O)(=O)C3)c2C)cc1. The lowest BCUT2D eigenvalue weighted by atomic mass is 10.2. The van der Waals surface area contributed by atoms with E-state index in [2.05, 4.69) is 15.2 Å². The molecule has 2 aromatic rings. The molecule has 8 nitrogen and oxygen atoms in total. The van der Waals surface area contributed by atoms with Gasteiger partial charge in [0, 0.05) is 11.4 Å². The molecule has 1 aromatic carbocycles. The number of carbonyl (C=O) groups is 2. The molecule has 1 amide bonds. The number of nitrogens with one attached hydrogen (secondary N) is 1. The zero-order valence-electron chi connectivity index (χ0n) is 14.4. The Bertz CT molecular complexity index is 947. The maximum absolute atomic E-state index is 12.5. The molecular weight excluding hydrogens is 358 g/mol. The van der Waals surface area contributed by atoms with E-state index in [9.17, 15) is 18.0 Å². The van der Waals surface area contributed by atoms with Crippen LogP contribution in [-0.2, 0) is 14.6 Å². The van der Waals surface area contributed by atoms with Crippen molar-refractivity contribution < 1.29 is 22.7 Å². The normalized spacial score (nSPS) is 18.5. The third kappa shape index (κ3) is 3.62. The average molecular weight is 377 g/mol. The molecule has 26 heavy (non-hydrogen) atoms. The van der Waals surface area contributed by atoms with Crippen LogP contribution in [0.25, 0.3) is 0 Å². The predicted octanol–water partition coefficient (Wildman–Crippen LogP) is 1.59. The zero-order valence-corrected chi connectivity index (χ0v) is 15.2. The second kappa shape index (κ2) is 6.91. The summed E-state index contributed by atoms with van der Waals surface area (Å²) in [5.74, 6) is -0.608. The van der Waals surface area contributed by atoms with Gasteiger partial charge in [-0.25, -0.2) is 13.2 Å². The van der Waals surface area contributed by atoms with Crippen LogP contribution in [0, 0.1) is 6.92 Å². The Hall–Kier alpha value is -2.68. The van der Waals surface area contributed by atoms with Crippen molar-refractivity contribution in [1.82, 2.24) is 9.78 Å². The van der Waals surface area contributed by atoms with Gasteiger partial charge in [-0.2, -0.15) is 5.10 Å². The van der Waals surface area contributed by atoms with E-state index in [4.69, 9.17) is 0 Å². The summed E-state index contributed by atoms with van der Waals surface area (Å²) in [6, 6.07) is 6.09. The zero-order chi connectivity index (χ0) is 18.9. The number of methoxy groups -OCH3 is 1. The lowest BCUT2D eigenvalue weighted by molar-refractivity contribution is 0.0600. The number of esters is 1. The first-order valence-corrected chi connectivity index (χ1v) is 9.87. The number of benzene rings is 1. The van der Waals surface area contributed by atoms with E-state index in [1.807, 2.05) is 0 Å². The van der Waals surface area contributed by atoms with Crippen LogP contribution >= 0.6 is 0 Å². The first kappa shape index (κ1) is 18.1. The molecule has 0 aliphatic carbocycles. The molecule has 0 bridgehead atoms. The number of ether oxygens (including phenoxy) is 1.